The Hall–Kier alpha value is -2.70. The Bertz CT molecular complexity index is 699. The SMILES string of the molecule is COC(=O)c1cccc(C(=O)N2CCC[C@H](n3cncn3)C2)c1. The fraction of sp³-hybridized carbons (Fsp3) is 0.375. The number of esters is 1. The van der Waals surface area contributed by atoms with Crippen LogP contribution < -0.4 is 0 Å². The number of ether oxygens (including phenoxy) is 1. The molecule has 1 aromatic heterocycles. The molecule has 3 rings (SSSR count). The molecule has 0 spiro atoms. The van der Waals surface area contributed by atoms with Gasteiger partial charge in [0.2, 0.25) is 0 Å². The number of amides is 1. The summed E-state index contributed by atoms with van der Waals surface area (Å²) in [7, 11) is 1.32. The quantitative estimate of drug-likeness (QED) is 0.803. The van der Waals surface area contributed by atoms with Crippen LogP contribution in [0.25, 0.3) is 0 Å². The zero-order chi connectivity index (χ0) is 16.2. The van der Waals surface area contributed by atoms with E-state index in [0.29, 0.717) is 24.2 Å². The fourth-order valence-corrected chi connectivity index (χ4v) is 2.84. The first kappa shape index (κ1) is 15.2. The van der Waals surface area contributed by atoms with Crippen molar-refractivity contribution >= 4 is 11.9 Å². The standard InChI is InChI=1S/C16H18N4O3/c1-23-16(22)13-5-2-4-12(8-13)15(21)19-7-3-6-14(9-19)20-11-17-10-18-20/h2,4-5,8,10-11,14H,3,6-7,9H2,1H3/t14-/m0/s1. The molecule has 120 valence electrons. The summed E-state index contributed by atoms with van der Waals surface area (Å²) in [5.41, 5.74) is 0.871. The van der Waals surface area contributed by atoms with Crippen molar-refractivity contribution in [2.24, 2.45) is 0 Å². The van der Waals surface area contributed by atoms with Gasteiger partial charge in [0.15, 0.2) is 0 Å². The lowest BCUT2D eigenvalue weighted by atomic mass is 10.0. The molecule has 0 radical (unpaired) electrons. The van der Waals surface area contributed by atoms with Gasteiger partial charge in [0.25, 0.3) is 5.91 Å². The molecule has 1 aliphatic heterocycles. The van der Waals surface area contributed by atoms with Gasteiger partial charge in [-0.25, -0.2) is 14.5 Å². The predicted octanol–water partition coefficient (Wildman–Crippen LogP) is 1.54. The van der Waals surface area contributed by atoms with Crippen LogP contribution in [0.15, 0.2) is 36.9 Å². The van der Waals surface area contributed by atoms with Gasteiger partial charge in [-0.05, 0) is 31.0 Å². The maximum absolute atomic E-state index is 12.7. The molecule has 0 saturated carbocycles. The van der Waals surface area contributed by atoms with Gasteiger partial charge in [-0.1, -0.05) is 6.07 Å². The van der Waals surface area contributed by atoms with Crippen molar-refractivity contribution in [3.8, 4) is 0 Å². The summed E-state index contributed by atoms with van der Waals surface area (Å²) in [6, 6.07) is 6.76. The number of benzene rings is 1. The highest BCUT2D eigenvalue weighted by molar-refractivity contribution is 5.98. The maximum Gasteiger partial charge on any atom is 0.337 e. The zero-order valence-electron chi connectivity index (χ0n) is 12.9. The van der Waals surface area contributed by atoms with Crippen LogP contribution in [0.5, 0.6) is 0 Å². The van der Waals surface area contributed by atoms with E-state index in [1.807, 2.05) is 0 Å². The summed E-state index contributed by atoms with van der Waals surface area (Å²) >= 11 is 0. The van der Waals surface area contributed by atoms with Crippen LogP contribution in [-0.2, 0) is 4.74 Å². The molecule has 2 aromatic rings. The summed E-state index contributed by atoms with van der Waals surface area (Å²) in [5, 5.41) is 4.16. The highest BCUT2D eigenvalue weighted by Gasteiger charge is 2.26. The van der Waals surface area contributed by atoms with Gasteiger partial charge in [0.05, 0.1) is 18.7 Å². The van der Waals surface area contributed by atoms with E-state index < -0.39 is 5.97 Å². The number of piperidine rings is 1. The van der Waals surface area contributed by atoms with E-state index in [1.165, 1.54) is 13.4 Å². The monoisotopic (exact) mass is 314 g/mol. The van der Waals surface area contributed by atoms with E-state index in [2.05, 4.69) is 10.1 Å². The Morgan fingerprint density at radius 3 is 2.87 bits per heavy atom. The van der Waals surface area contributed by atoms with Gasteiger partial charge < -0.3 is 9.64 Å². The molecule has 1 amide bonds. The Balaban J connectivity index is 1.76. The second-order valence-corrected chi connectivity index (χ2v) is 5.50. The van der Waals surface area contributed by atoms with E-state index in [4.69, 9.17) is 4.74 Å². The lowest BCUT2D eigenvalue weighted by molar-refractivity contribution is 0.0600. The molecule has 7 heteroatoms. The van der Waals surface area contributed by atoms with Crippen molar-refractivity contribution < 1.29 is 14.3 Å². The highest BCUT2D eigenvalue weighted by atomic mass is 16.5. The van der Waals surface area contributed by atoms with Gasteiger partial charge in [0.1, 0.15) is 12.7 Å². The second-order valence-electron chi connectivity index (χ2n) is 5.50. The molecule has 0 unspecified atom stereocenters. The minimum atomic E-state index is -0.446. The number of hydrogen-bond acceptors (Lipinski definition) is 5. The molecule has 0 bridgehead atoms. The lowest BCUT2D eigenvalue weighted by Crippen LogP contribution is -2.40. The topological polar surface area (TPSA) is 77.3 Å². The Morgan fingerprint density at radius 2 is 2.13 bits per heavy atom. The van der Waals surface area contributed by atoms with Crippen LogP contribution in [0.3, 0.4) is 0 Å². The minimum absolute atomic E-state index is 0.0828. The number of likely N-dealkylation sites (tertiary alicyclic amines) is 1. The third-order valence-corrected chi connectivity index (χ3v) is 4.03. The predicted molar refractivity (Wildman–Crippen MR) is 82.0 cm³/mol. The molecule has 23 heavy (non-hydrogen) atoms. The van der Waals surface area contributed by atoms with Crippen molar-refractivity contribution in [2.75, 3.05) is 20.2 Å². The number of carbonyl (C=O) groups excluding carboxylic acids is 2. The molecule has 1 saturated heterocycles. The van der Waals surface area contributed by atoms with Crippen LogP contribution in [0, 0.1) is 0 Å². The van der Waals surface area contributed by atoms with Crippen molar-refractivity contribution in [1.29, 1.82) is 0 Å². The van der Waals surface area contributed by atoms with Gasteiger partial charge in [-0.15, -0.1) is 0 Å². The van der Waals surface area contributed by atoms with Crippen LogP contribution >= 0.6 is 0 Å². The van der Waals surface area contributed by atoms with Crippen molar-refractivity contribution in [3.63, 3.8) is 0 Å². The molecule has 1 aliphatic rings. The first-order valence-electron chi connectivity index (χ1n) is 7.51. The van der Waals surface area contributed by atoms with Crippen LogP contribution in [0.1, 0.15) is 39.6 Å². The third-order valence-electron chi connectivity index (χ3n) is 4.03. The number of methoxy groups -OCH3 is 1. The van der Waals surface area contributed by atoms with Crippen molar-refractivity contribution in [3.05, 3.63) is 48.0 Å². The summed E-state index contributed by atoms with van der Waals surface area (Å²) in [6.45, 7) is 1.29. The Labute approximate surface area is 133 Å². The first-order valence-corrected chi connectivity index (χ1v) is 7.51. The molecule has 7 nitrogen and oxygen atoms in total. The largest absolute Gasteiger partial charge is 0.465 e. The summed E-state index contributed by atoms with van der Waals surface area (Å²) in [5.74, 6) is -0.528. The summed E-state index contributed by atoms with van der Waals surface area (Å²) < 4.78 is 6.50. The molecule has 0 N–H and O–H groups in total. The molecule has 2 heterocycles. The smallest absolute Gasteiger partial charge is 0.337 e. The maximum atomic E-state index is 12.7. The minimum Gasteiger partial charge on any atom is -0.465 e. The highest BCUT2D eigenvalue weighted by Crippen LogP contribution is 2.22. The second kappa shape index (κ2) is 6.60. The van der Waals surface area contributed by atoms with Crippen LogP contribution in [0.4, 0.5) is 0 Å². The van der Waals surface area contributed by atoms with Crippen LogP contribution in [0.2, 0.25) is 0 Å². The van der Waals surface area contributed by atoms with E-state index in [0.717, 1.165) is 12.8 Å². The summed E-state index contributed by atoms with van der Waals surface area (Å²) in [6.07, 6.45) is 5.05. The number of carbonyl (C=O) groups is 2. The summed E-state index contributed by atoms with van der Waals surface area (Å²) in [4.78, 5) is 30.1. The zero-order valence-corrected chi connectivity index (χ0v) is 12.9. The van der Waals surface area contributed by atoms with E-state index in [-0.39, 0.29) is 11.9 Å². The van der Waals surface area contributed by atoms with Crippen molar-refractivity contribution in [2.45, 2.75) is 18.9 Å². The molecule has 1 fully saturated rings. The van der Waals surface area contributed by atoms with Crippen molar-refractivity contribution in [1.82, 2.24) is 19.7 Å². The van der Waals surface area contributed by atoms with E-state index >= 15 is 0 Å². The molecule has 0 aliphatic carbocycles. The Kier molecular flexibility index (Phi) is 4.36. The number of aromatic nitrogens is 3. The molecular formula is C16H18N4O3. The Morgan fingerprint density at radius 1 is 1.30 bits per heavy atom. The normalized spacial score (nSPS) is 17.8. The first-order chi connectivity index (χ1) is 11.2. The van der Waals surface area contributed by atoms with E-state index in [9.17, 15) is 9.59 Å². The fourth-order valence-electron chi connectivity index (χ4n) is 2.84. The molecule has 1 aromatic carbocycles. The average molecular weight is 314 g/mol. The van der Waals surface area contributed by atoms with Gasteiger partial charge >= 0.3 is 5.97 Å². The van der Waals surface area contributed by atoms with E-state index in [1.54, 1.807) is 40.2 Å². The molecular weight excluding hydrogens is 296 g/mol. The van der Waals surface area contributed by atoms with Gasteiger partial charge in [0, 0.05) is 18.7 Å². The lowest BCUT2D eigenvalue weighted by Gasteiger charge is -2.32. The third kappa shape index (κ3) is 3.23. The van der Waals surface area contributed by atoms with Gasteiger partial charge in [-0.3, -0.25) is 4.79 Å². The van der Waals surface area contributed by atoms with Gasteiger partial charge in [-0.2, -0.15) is 5.10 Å². The molecule has 1 atom stereocenters. The average Bonchev–Trinajstić information content (AvgIpc) is 3.15. The number of nitrogens with zero attached hydrogens (tertiary/aromatic N) is 4. The van der Waals surface area contributed by atoms with Crippen LogP contribution in [-0.4, -0.2) is 51.7 Å². The number of rotatable bonds is 3. The number of hydrogen-bond donors (Lipinski definition) is 0.